The molecule has 0 amide bonds. The summed E-state index contributed by atoms with van der Waals surface area (Å²) >= 11 is 0. The van der Waals surface area contributed by atoms with E-state index in [-0.39, 0.29) is 11.5 Å². The van der Waals surface area contributed by atoms with E-state index in [2.05, 4.69) is 4.98 Å². The minimum absolute atomic E-state index is 0.252. The fourth-order valence-corrected chi connectivity index (χ4v) is 0.974. The van der Waals surface area contributed by atoms with Crippen molar-refractivity contribution in [2.75, 3.05) is 24.7 Å². The highest BCUT2D eigenvalue weighted by Gasteiger charge is 2.03. The molecule has 0 unspecified atom stereocenters. The van der Waals surface area contributed by atoms with Crippen LogP contribution in [0.15, 0.2) is 10.9 Å². The summed E-state index contributed by atoms with van der Waals surface area (Å²) in [5.74, 6) is 0.995. The number of hydrogen-bond donors (Lipinski definition) is 1. The van der Waals surface area contributed by atoms with Crippen LogP contribution in [0.25, 0.3) is 0 Å². The number of rotatable bonds is 1. The van der Waals surface area contributed by atoms with Gasteiger partial charge in [0.15, 0.2) is 0 Å². The van der Waals surface area contributed by atoms with Crippen molar-refractivity contribution in [2.45, 2.75) is 0 Å². The van der Waals surface area contributed by atoms with E-state index in [1.807, 2.05) is 14.1 Å². The van der Waals surface area contributed by atoms with Crippen molar-refractivity contribution >= 4 is 11.6 Å². The Morgan fingerprint density at radius 1 is 1.58 bits per heavy atom. The van der Waals surface area contributed by atoms with Crippen LogP contribution in [0.4, 0.5) is 11.6 Å². The van der Waals surface area contributed by atoms with Crippen molar-refractivity contribution < 1.29 is 0 Å². The lowest BCUT2D eigenvalue weighted by molar-refractivity contribution is 0.793. The minimum atomic E-state index is -0.335. The third-order valence-electron chi connectivity index (χ3n) is 1.59. The standard InChI is InChI=1S/C7H12N4O/c1-10(2)6-4-5(8)9-7(12)11(6)3/h4H,1-3H3,(H2,8,9,12). The molecule has 0 saturated heterocycles. The van der Waals surface area contributed by atoms with Crippen LogP contribution < -0.4 is 16.3 Å². The topological polar surface area (TPSA) is 64.2 Å². The molecule has 0 atom stereocenters. The lowest BCUT2D eigenvalue weighted by Crippen LogP contribution is -2.27. The van der Waals surface area contributed by atoms with Crippen molar-refractivity contribution in [3.63, 3.8) is 0 Å². The second-order valence-electron chi connectivity index (χ2n) is 2.78. The van der Waals surface area contributed by atoms with Crippen LogP contribution in [-0.2, 0) is 7.05 Å². The smallest absolute Gasteiger partial charge is 0.350 e. The first kappa shape index (κ1) is 8.58. The summed E-state index contributed by atoms with van der Waals surface area (Å²) in [6, 6.07) is 1.65. The molecule has 0 spiro atoms. The molecule has 0 fully saturated rings. The highest BCUT2D eigenvalue weighted by molar-refractivity contribution is 5.45. The Balaban J connectivity index is 3.38. The van der Waals surface area contributed by atoms with Crippen LogP contribution >= 0.6 is 0 Å². The highest BCUT2D eigenvalue weighted by atomic mass is 16.1. The summed E-state index contributed by atoms with van der Waals surface area (Å²) < 4.78 is 1.44. The van der Waals surface area contributed by atoms with Gasteiger partial charge in [0.05, 0.1) is 0 Å². The van der Waals surface area contributed by atoms with Crippen molar-refractivity contribution in [1.29, 1.82) is 0 Å². The first-order valence-corrected chi connectivity index (χ1v) is 3.53. The van der Waals surface area contributed by atoms with Gasteiger partial charge < -0.3 is 10.6 Å². The average molecular weight is 168 g/mol. The Hall–Kier alpha value is -1.52. The van der Waals surface area contributed by atoms with Gasteiger partial charge in [-0.05, 0) is 0 Å². The van der Waals surface area contributed by atoms with E-state index in [9.17, 15) is 4.79 Å². The van der Waals surface area contributed by atoms with E-state index in [1.54, 1.807) is 18.0 Å². The summed E-state index contributed by atoms with van der Waals surface area (Å²) in [4.78, 5) is 16.5. The van der Waals surface area contributed by atoms with E-state index < -0.39 is 0 Å². The summed E-state index contributed by atoms with van der Waals surface area (Å²) in [5, 5.41) is 0. The van der Waals surface area contributed by atoms with Gasteiger partial charge in [-0.15, -0.1) is 0 Å². The predicted octanol–water partition coefficient (Wildman–Crippen LogP) is -0.571. The molecular weight excluding hydrogens is 156 g/mol. The summed E-state index contributed by atoms with van der Waals surface area (Å²) in [6.07, 6.45) is 0. The van der Waals surface area contributed by atoms with Gasteiger partial charge in [0, 0.05) is 27.2 Å². The Kier molecular flexibility index (Phi) is 2.03. The van der Waals surface area contributed by atoms with Gasteiger partial charge in [0.1, 0.15) is 11.6 Å². The highest BCUT2D eigenvalue weighted by Crippen LogP contribution is 2.08. The lowest BCUT2D eigenvalue weighted by atomic mass is 10.5. The van der Waals surface area contributed by atoms with Crippen LogP contribution in [0.5, 0.6) is 0 Å². The van der Waals surface area contributed by atoms with E-state index >= 15 is 0 Å². The predicted molar refractivity (Wildman–Crippen MR) is 48.2 cm³/mol. The largest absolute Gasteiger partial charge is 0.383 e. The third-order valence-corrected chi connectivity index (χ3v) is 1.59. The third kappa shape index (κ3) is 1.39. The molecule has 1 rings (SSSR count). The van der Waals surface area contributed by atoms with Crippen molar-refractivity contribution in [3.05, 3.63) is 16.6 Å². The Bertz CT molecular complexity index is 342. The fourth-order valence-electron chi connectivity index (χ4n) is 0.974. The van der Waals surface area contributed by atoms with Gasteiger partial charge >= 0.3 is 5.69 Å². The summed E-state index contributed by atoms with van der Waals surface area (Å²) in [6.45, 7) is 0. The van der Waals surface area contributed by atoms with Gasteiger partial charge in [0.2, 0.25) is 0 Å². The maximum atomic E-state index is 11.1. The van der Waals surface area contributed by atoms with Gasteiger partial charge in [-0.25, -0.2) is 4.79 Å². The maximum absolute atomic E-state index is 11.1. The summed E-state index contributed by atoms with van der Waals surface area (Å²) in [7, 11) is 5.34. The second kappa shape index (κ2) is 2.84. The van der Waals surface area contributed by atoms with Gasteiger partial charge in [0.25, 0.3) is 0 Å². The summed E-state index contributed by atoms with van der Waals surface area (Å²) in [5.41, 5.74) is 5.08. The van der Waals surface area contributed by atoms with Crippen LogP contribution in [0.2, 0.25) is 0 Å². The molecule has 0 aliphatic carbocycles. The SMILES string of the molecule is CN(C)c1cc(N)nc(=O)n1C. The average Bonchev–Trinajstić information content (AvgIpc) is 1.96. The molecule has 0 aliphatic heterocycles. The molecule has 0 bridgehead atoms. The quantitative estimate of drug-likeness (QED) is 0.610. The zero-order valence-corrected chi connectivity index (χ0v) is 7.40. The molecular formula is C7H12N4O. The van der Waals surface area contributed by atoms with Crippen LogP contribution in [0, 0.1) is 0 Å². The molecule has 0 aliphatic rings. The molecule has 2 N–H and O–H groups in total. The molecule has 0 radical (unpaired) electrons. The number of aromatic nitrogens is 2. The van der Waals surface area contributed by atoms with E-state index in [0.717, 1.165) is 5.82 Å². The normalized spacial score (nSPS) is 9.92. The molecule has 12 heavy (non-hydrogen) atoms. The van der Waals surface area contributed by atoms with Crippen LogP contribution in [-0.4, -0.2) is 23.6 Å². The molecule has 66 valence electrons. The molecule has 5 nitrogen and oxygen atoms in total. The van der Waals surface area contributed by atoms with Gasteiger partial charge in [-0.3, -0.25) is 4.57 Å². The Morgan fingerprint density at radius 2 is 2.17 bits per heavy atom. The van der Waals surface area contributed by atoms with Gasteiger partial charge in [-0.1, -0.05) is 0 Å². The molecule has 1 aromatic rings. The maximum Gasteiger partial charge on any atom is 0.350 e. The number of nitrogen functional groups attached to an aromatic ring is 1. The number of nitrogens with zero attached hydrogens (tertiary/aromatic N) is 3. The number of anilines is 2. The van der Waals surface area contributed by atoms with E-state index in [0.29, 0.717) is 0 Å². The molecule has 1 heterocycles. The molecule has 1 aromatic heterocycles. The van der Waals surface area contributed by atoms with Gasteiger partial charge in [-0.2, -0.15) is 4.98 Å². The van der Waals surface area contributed by atoms with Crippen molar-refractivity contribution in [1.82, 2.24) is 9.55 Å². The zero-order chi connectivity index (χ0) is 9.30. The first-order chi connectivity index (χ1) is 5.52. The minimum Gasteiger partial charge on any atom is -0.383 e. The van der Waals surface area contributed by atoms with Crippen LogP contribution in [0.3, 0.4) is 0 Å². The number of hydrogen-bond acceptors (Lipinski definition) is 4. The Labute approximate surface area is 70.4 Å². The number of nitrogens with two attached hydrogens (primary N) is 1. The van der Waals surface area contributed by atoms with E-state index in [4.69, 9.17) is 5.73 Å². The zero-order valence-electron chi connectivity index (χ0n) is 7.40. The second-order valence-corrected chi connectivity index (χ2v) is 2.78. The van der Waals surface area contributed by atoms with Crippen molar-refractivity contribution in [2.24, 2.45) is 7.05 Å². The monoisotopic (exact) mass is 168 g/mol. The van der Waals surface area contributed by atoms with E-state index in [1.165, 1.54) is 4.57 Å². The molecule has 5 heteroatoms. The molecule has 0 saturated carbocycles. The Morgan fingerprint density at radius 3 is 2.67 bits per heavy atom. The fraction of sp³-hybridized carbons (Fsp3) is 0.429. The first-order valence-electron chi connectivity index (χ1n) is 3.53. The van der Waals surface area contributed by atoms with Crippen LogP contribution in [0.1, 0.15) is 0 Å². The lowest BCUT2D eigenvalue weighted by Gasteiger charge is -2.15. The molecule has 0 aromatic carbocycles. The van der Waals surface area contributed by atoms with Crippen molar-refractivity contribution in [3.8, 4) is 0 Å².